The smallest absolute Gasteiger partial charge is 0.307 e. The van der Waals surface area contributed by atoms with Crippen LogP contribution in [-0.4, -0.2) is 36.2 Å². The number of para-hydroxylation sites is 2. The first-order valence-corrected chi connectivity index (χ1v) is 8.04. The molecule has 1 amide bonds. The van der Waals surface area contributed by atoms with Crippen molar-refractivity contribution in [1.82, 2.24) is 5.32 Å². The fraction of sp³-hybridized carbons (Fsp3) is 0.529. The standard InChI is InChI=1S/C17H21NO5/c19-16(12-5-1-2-6-13(12)17(20)21)18-9-11-10-22-14-7-3-4-8-15(14)23-11/h3-4,7-8,11-13H,1-2,5-6,9-10H2,(H,18,19)(H,20,21)/t11-,12-,13-/m1/s1. The number of nitrogens with one attached hydrogen (secondary N) is 1. The minimum atomic E-state index is -0.879. The summed E-state index contributed by atoms with van der Waals surface area (Å²) in [6.07, 6.45) is 2.72. The molecule has 1 saturated carbocycles. The van der Waals surface area contributed by atoms with Gasteiger partial charge in [0.1, 0.15) is 12.7 Å². The van der Waals surface area contributed by atoms with E-state index in [1.54, 1.807) is 0 Å². The van der Waals surface area contributed by atoms with Crippen molar-refractivity contribution in [2.45, 2.75) is 31.8 Å². The lowest BCUT2D eigenvalue weighted by atomic mass is 9.78. The molecule has 1 aliphatic heterocycles. The lowest BCUT2D eigenvalue weighted by molar-refractivity contribution is -0.149. The van der Waals surface area contributed by atoms with Crippen LogP contribution in [0.2, 0.25) is 0 Å². The summed E-state index contributed by atoms with van der Waals surface area (Å²) in [6.45, 7) is 0.681. The molecule has 1 fully saturated rings. The summed E-state index contributed by atoms with van der Waals surface area (Å²) in [5, 5.41) is 12.1. The lowest BCUT2D eigenvalue weighted by Gasteiger charge is -2.29. The number of carbonyl (C=O) groups excluding carboxylic acids is 1. The summed E-state index contributed by atoms with van der Waals surface area (Å²) in [4.78, 5) is 23.6. The molecule has 1 aliphatic carbocycles. The molecule has 1 aromatic rings. The number of aliphatic carboxylic acids is 1. The lowest BCUT2D eigenvalue weighted by Crippen LogP contribution is -2.45. The summed E-state index contributed by atoms with van der Waals surface area (Å²) in [7, 11) is 0. The topological polar surface area (TPSA) is 84.9 Å². The second kappa shape index (κ2) is 6.89. The van der Waals surface area contributed by atoms with Crippen LogP contribution < -0.4 is 14.8 Å². The van der Waals surface area contributed by atoms with Gasteiger partial charge in [-0.2, -0.15) is 0 Å². The molecule has 23 heavy (non-hydrogen) atoms. The van der Waals surface area contributed by atoms with Gasteiger partial charge in [-0.1, -0.05) is 25.0 Å². The molecule has 2 aliphatic rings. The average molecular weight is 319 g/mol. The molecule has 6 heteroatoms. The van der Waals surface area contributed by atoms with Crippen molar-refractivity contribution in [3.8, 4) is 11.5 Å². The molecular weight excluding hydrogens is 298 g/mol. The van der Waals surface area contributed by atoms with Crippen LogP contribution in [-0.2, 0) is 9.59 Å². The Balaban J connectivity index is 1.54. The van der Waals surface area contributed by atoms with Crippen LogP contribution in [0.15, 0.2) is 24.3 Å². The highest BCUT2D eigenvalue weighted by Gasteiger charge is 2.36. The molecule has 0 unspecified atom stereocenters. The second-order valence-corrected chi connectivity index (χ2v) is 6.08. The first-order valence-electron chi connectivity index (χ1n) is 8.04. The number of carbonyl (C=O) groups is 2. The molecule has 0 aromatic heterocycles. The summed E-state index contributed by atoms with van der Waals surface area (Å²) in [5.41, 5.74) is 0. The second-order valence-electron chi connectivity index (χ2n) is 6.08. The Labute approximate surface area is 134 Å². The number of fused-ring (bicyclic) bond motifs is 1. The highest BCUT2D eigenvalue weighted by molar-refractivity contribution is 5.84. The molecule has 6 nitrogen and oxygen atoms in total. The van der Waals surface area contributed by atoms with E-state index in [-0.39, 0.29) is 12.0 Å². The van der Waals surface area contributed by atoms with Crippen LogP contribution in [0, 0.1) is 11.8 Å². The van der Waals surface area contributed by atoms with Gasteiger partial charge in [0, 0.05) is 0 Å². The van der Waals surface area contributed by atoms with Gasteiger partial charge in [0.05, 0.1) is 18.4 Å². The number of carboxylic acids is 1. The molecule has 3 atom stereocenters. The Morgan fingerprint density at radius 3 is 2.57 bits per heavy atom. The van der Waals surface area contributed by atoms with E-state index in [1.807, 2.05) is 24.3 Å². The van der Waals surface area contributed by atoms with E-state index in [0.717, 1.165) is 12.8 Å². The molecule has 0 bridgehead atoms. The Hall–Kier alpha value is -2.24. The van der Waals surface area contributed by atoms with Gasteiger partial charge in [0.2, 0.25) is 5.91 Å². The van der Waals surface area contributed by atoms with Gasteiger partial charge in [0.25, 0.3) is 0 Å². The van der Waals surface area contributed by atoms with E-state index < -0.39 is 17.8 Å². The molecule has 1 heterocycles. The Bertz CT molecular complexity index is 588. The fourth-order valence-electron chi connectivity index (χ4n) is 3.25. The van der Waals surface area contributed by atoms with E-state index in [1.165, 1.54) is 0 Å². The first-order chi connectivity index (χ1) is 11.1. The van der Waals surface area contributed by atoms with Crippen LogP contribution in [0.5, 0.6) is 11.5 Å². The third kappa shape index (κ3) is 3.57. The molecule has 2 N–H and O–H groups in total. The monoisotopic (exact) mass is 319 g/mol. The molecule has 0 saturated heterocycles. The Kier molecular flexibility index (Phi) is 4.69. The van der Waals surface area contributed by atoms with Crippen molar-refractivity contribution in [3.05, 3.63) is 24.3 Å². The largest absolute Gasteiger partial charge is 0.486 e. The van der Waals surface area contributed by atoms with Crippen molar-refractivity contribution < 1.29 is 24.2 Å². The van der Waals surface area contributed by atoms with Crippen LogP contribution in [0.4, 0.5) is 0 Å². The SMILES string of the molecule is O=C(O)[C@@H]1CCCC[C@H]1C(=O)NC[C@@H]1COc2ccccc2O1. The molecule has 3 rings (SSSR count). The zero-order valence-corrected chi connectivity index (χ0v) is 12.9. The highest BCUT2D eigenvalue weighted by Crippen LogP contribution is 2.32. The summed E-state index contributed by atoms with van der Waals surface area (Å²) >= 11 is 0. The minimum Gasteiger partial charge on any atom is -0.486 e. The number of ether oxygens (including phenoxy) is 2. The zero-order valence-electron chi connectivity index (χ0n) is 12.9. The van der Waals surface area contributed by atoms with E-state index in [0.29, 0.717) is 37.5 Å². The van der Waals surface area contributed by atoms with Crippen LogP contribution >= 0.6 is 0 Å². The maximum absolute atomic E-state index is 12.3. The van der Waals surface area contributed by atoms with Gasteiger partial charge in [0.15, 0.2) is 11.5 Å². The summed E-state index contributed by atoms with van der Waals surface area (Å²) in [6, 6.07) is 7.40. The van der Waals surface area contributed by atoms with E-state index in [2.05, 4.69) is 5.32 Å². The van der Waals surface area contributed by atoms with Gasteiger partial charge in [-0.15, -0.1) is 0 Å². The number of hydrogen-bond acceptors (Lipinski definition) is 4. The predicted octanol–water partition coefficient (Wildman–Crippen LogP) is 1.83. The van der Waals surface area contributed by atoms with E-state index in [9.17, 15) is 14.7 Å². The third-order valence-corrected chi connectivity index (χ3v) is 4.49. The molecule has 1 aromatic carbocycles. The van der Waals surface area contributed by atoms with Crippen LogP contribution in [0.3, 0.4) is 0 Å². The number of benzene rings is 1. The number of rotatable bonds is 4. The van der Waals surface area contributed by atoms with Gasteiger partial charge >= 0.3 is 5.97 Å². The molecule has 124 valence electrons. The summed E-state index contributed by atoms with van der Waals surface area (Å²) < 4.78 is 11.4. The normalized spacial score (nSPS) is 26.3. The minimum absolute atomic E-state index is 0.195. The Morgan fingerprint density at radius 2 is 1.83 bits per heavy atom. The Morgan fingerprint density at radius 1 is 1.13 bits per heavy atom. The van der Waals surface area contributed by atoms with Gasteiger partial charge < -0.3 is 19.9 Å². The fourth-order valence-corrected chi connectivity index (χ4v) is 3.25. The van der Waals surface area contributed by atoms with E-state index in [4.69, 9.17) is 9.47 Å². The van der Waals surface area contributed by atoms with Crippen molar-refractivity contribution in [3.63, 3.8) is 0 Å². The van der Waals surface area contributed by atoms with Gasteiger partial charge in [-0.3, -0.25) is 9.59 Å². The van der Waals surface area contributed by atoms with Crippen molar-refractivity contribution in [2.75, 3.05) is 13.2 Å². The maximum atomic E-state index is 12.3. The quantitative estimate of drug-likeness (QED) is 0.884. The van der Waals surface area contributed by atoms with Crippen LogP contribution in [0.1, 0.15) is 25.7 Å². The molecular formula is C17H21NO5. The van der Waals surface area contributed by atoms with Gasteiger partial charge in [-0.05, 0) is 25.0 Å². The van der Waals surface area contributed by atoms with Crippen LogP contribution in [0.25, 0.3) is 0 Å². The number of amides is 1. The average Bonchev–Trinajstić information content (AvgIpc) is 2.59. The number of hydrogen-bond donors (Lipinski definition) is 2. The molecule has 0 radical (unpaired) electrons. The third-order valence-electron chi connectivity index (χ3n) is 4.49. The van der Waals surface area contributed by atoms with Crippen molar-refractivity contribution in [2.24, 2.45) is 11.8 Å². The maximum Gasteiger partial charge on any atom is 0.307 e. The van der Waals surface area contributed by atoms with Crippen molar-refractivity contribution >= 4 is 11.9 Å². The zero-order chi connectivity index (χ0) is 16.2. The molecule has 0 spiro atoms. The summed E-state index contributed by atoms with van der Waals surface area (Å²) in [5.74, 6) is -0.728. The number of carboxylic acid groups (broad SMARTS) is 1. The predicted molar refractivity (Wildman–Crippen MR) is 82.4 cm³/mol. The van der Waals surface area contributed by atoms with Gasteiger partial charge in [-0.25, -0.2) is 0 Å². The van der Waals surface area contributed by atoms with Crippen molar-refractivity contribution in [1.29, 1.82) is 0 Å². The first kappa shape index (κ1) is 15.6. The highest BCUT2D eigenvalue weighted by atomic mass is 16.6. The van der Waals surface area contributed by atoms with E-state index >= 15 is 0 Å².